The summed E-state index contributed by atoms with van der Waals surface area (Å²) in [5.74, 6) is 3.22. The third-order valence-electron chi connectivity index (χ3n) is 3.99. The van der Waals surface area contributed by atoms with Crippen LogP contribution in [0.2, 0.25) is 5.02 Å². The number of para-hydroxylation sites is 2. The normalized spacial score (nSPS) is 11.8. The summed E-state index contributed by atoms with van der Waals surface area (Å²) in [4.78, 5) is 18.0. The van der Waals surface area contributed by atoms with Crippen molar-refractivity contribution in [1.82, 2.24) is 9.38 Å². The molecule has 27 heavy (non-hydrogen) atoms. The molecule has 2 heterocycles. The molecule has 0 unspecified atom stereocenters. The van der Waals surface area contributed by atoms with E-state index in [1.165, 1.54) is 18.4 Å². The number of methoxy groups -OCH3 is 1. The van der Waals surface area contributed by atoms with Gasteiger partial charge in [0.25, 0.3) is 5.56 Å². The molecule has 7 heteroatoms. The van der Waals surface area contributed by atoms with Gasteiger partial charge >= 0.3 is 0 Å². The fraction of sp³-hybridized carbons (Fsp3) is 0.100. The minimum absolute atomic E-state index is 0.0824. The van der Waals surface area contributed by atoms with Crippen molar-refractivity contribution in [2.75, 3.05) is 13.7 Å². The zero-order valence-electron chi connectivity index (χ0n) is 14.2. The van der Waals surface area contributed by atoms with Gasteiger partial charge in [0, 0.05) is 0 Å². The van der Waals surface area contributed by atoms with Crippen molar-refractivity contribution in [1.29, 1.82) is 0 Å². The zero-order valence-corrected chi connectivity index (χ0v) is 15.8. The number of fused-ring (bicyclic) bond motifs is 3. The average Bonchev–Trinajstić information content (AvgIpc) is 3.17. The number of nitrogens with zero attached hydrogens (tertiary/aromatic N) is 2. The SMILES string of the molecule is C#CCOc1c(Cl)cc(/C=c2\sc3nc4ccccc4n3c2=O)cc1OC. The largest absolute Gasteiger partial charge is 0.493 e. The molecule has 0 aliphatic heterocycles. The highest BCUT2D eigenvalue weighted by Gasteiger charge is 2.13. The van der Waals surface area contributed by atoms with Crippen LogP contribution in [0.5, 0.6) is 11.5 Å². The topological polar surface area (TPSA) is 52.8 Å². The van der Waals surface area contributed by atoms with Crippen LogP contribution in [0.15, 0.2) is 41.2 Å². The van der Waals surface area contributed by atoms with Gasteiger partial charge in [0.05, 0.1) is 27.7 Å². The number of rotatable bonds is 4. The van der Waals surface area contributed by atoms with Gasteiger partial charge in [-0.15, -0.1) is 6.42 Å². The second kappa shape index (κ2) is 6.95. The van der Waals surface area contributed by atoms with Crippen molar-refractivity contribution in [3.63, 3.8) is 0 Å². The second-order valence-electron chi connectivity index (χ2n) is 5.66. The van der Waals surface area contributed by atoms with Gasteiger partial charge in [-0.05, 0) is 35.9 Å². The van der Waals surface area contributed by atoms with Gasteiger partial charge in [-0.1, -0.05) is 41.0 Å². The molecular formula is C20H13ClN2O3S. The first-order valence-corrected chi connectivity index (χ1v) is 9.17. The molecule has 0 aliphatic carbocycles. The zero-order chi connectivity index (χ0) is 19.0. The molecule has 2 aromatic carbocycles. The Morgan fingerprint density at radius 1 is 1.37 bits per heavy atom. The van der Waals surface area contributed by atoms with Crippen LogP contribution in [0, 0.1) is 12.3 Å². The monoisotopic (exact) mass is 396 g/mol. The van der Waals surface area contributed by atoms with Crippen molar-refractivity contribution in [3.8, 4) is 23.8 Å². The summed E-state index contributed by atoms with van der Waals surface area (Å²) in [6.45, 7) is 0.0824. The molecule has 0 fully saturated rings. The van der Waals surface area contributed by atoms with E-state index in [-0.39, 0.29) is 12.2 Å². The van der Waals surface area contributed by atoms with Gasteiger partial charge in [-0.3, -0.25) is 4.79 Å². The molecule has 0 radical (unpaired) electrons. The molecule has 0 aliphatic rings. The minimum atomic E-state index is -0.119. The van der Waals surface area contributed by atoms with E-state index in [2.05, 4.69) is 10.9 Å². The van der Waals surface area contributed by atoms with Crippen molar-refractivity contribution >= 4 is 45.0 Å². The first kappa shape index (κ1) is 17.4. The van der Waals surface area contributed by atoms with Gasteiger partial charge in [-0.2, -0.15) is 0 Å². The summed E-state index contributed by atoms with van der Waals surface area (Å²) in [7, 11) is 1.52. The lowest BCUT2D eigenvalue weighted by molar-refractivity contribution is 0.331. The summed E-state index contributed by atoms with van der Waals surface area (Å²) in [5, 5.41) is 0.357. The Kier molecular flexibility index (Phi) is 4.48. The van der Waals surface area contributed by atoms with Crippen LogP contribution in [0.1, 0.15) is 5.56 Å². The number of imidazole rings is 1. The number of aromatic nitrogens is 2. The fourth-order valence-corrected chi connectivity index (χ4v) is 4.10. The van der Waals surface area contributed by atoms with Crippen LogP contribution < -0.4 is 19.6 Å². The molecule has 0 atom stereocenters. The van der Waals surface area contributed by atoms with E-state index < -0.39 is 0 Å². The Morgan fingerprint density at radius 3 is 2.96 bits per heavy atom. The van der Waals surface area contributed by atoms with E-state index in [0.717, 1.165) is 16.6 Å². The number of terminal acetylenes is 1. The summed E-state index contributed by atoms with van der Waals surface area (Å²) in [5.41, 5.74) is 2.19. The summed E-state index contributed by atoms with van der Waals surface area (Å²) >= 11 is 7.63. The Labute approximate surface area is 163 Å². The molecule has 0 N–H and O–H groups in total. The summed E-state index contributed by atoms with van der Waals surface area (Å²) in [6, 6.07) is 11.0. The number of ether oxygens (including phenoxy) is 2. The van der Waals surface area contributed by atoms with Crippen molar-refractivity contribution in [3.05, 3.63) is 61.9 Å². The highest BCUT2D eigenvalue weighted by Crippen LogP contribution is 2.36. The molecule has 0 saturated carbocycles. The van der Waals surface area contributed by atoms with Crippen LogP contribution in [-0.4, -0.2) is 23.1 Å². The highest BCUT2D eigenvalue weighted by molar-refractivity contribution is 7.15. The lowest BCUT2D eigenvalue weighted by Gasteiger charge is -2.11. The third kappa shape index (κ3) is 3.01. The molecule has 0 saturated heterocycles. The molecule has 2 aromatic heterocycles. The van der Waals surface area contributed by atoms with Crippen LogP contribution in [-0.2, 0) is 0 Å². The first-order chi connectivity index (χ1) is 13.1. The Balaban J connectivity index is 1.86. The number of thiazole rings is 1. The lowest BCUT2D eigenvalue weighted by Crippen LogP contribution is -2.22. The van der Waals surface area contributed by atoms with Gasteiger partial charge in [0.15, 0.2) is 16.5 Å². The van der Waals surface area contributed by atoms with E-state index in [9.17, 15) is 4.79 Å². The molecule has 4 rings (SSSR count). The number of hydrogen-bond acceptors (Lipinski definition) is 5. The highest BCUT2D eigenvalue weighted by atomic mass is 35.5. The molecule has 5 nitrogen and oxygen atoms in total. The predicted octanol–water partition coefficient (Wildman–Crippen LogP) is 3.13. The smallest absolute Gasteiger partial charge is 0.274 e. The lowest BCUT2D eigenvalue weighted by atomic mass is 10.2. The molecule has 0 spiro atoms. The Hall–Kier alpha value is -3.01. The standard InChI is InChI=1S/C20H13ClN2O3S/c1-3-8-26-18-13(21)9-12(10-16(18)25-2)11-17-19(24)23-15-7-5-4-6-14(15)22-20(23)27-17/h1,4-7,9-11H,8H2,2H3/b17-11-. The maximum atomic E-state index is 12.8. The van der Waals surface area contributed by atoms with Crippen molar-refractivity contribution in [2.45, 2.75) is 0 Å². The van der Waals surface area contributed by atoms with E-state index in [0.29, 0.717) is 26.0 Å². The van der Waals surface area contributed by atoms with Gasteiger partial charge < -0.3 is 9.47 Å². The van der Waals surface area contributed by atoms with Gasteiger partial charge in [0.2, 0.25) is 0 Å². The van der Waals surface area contributed by atoms with Crippen molar-refractivity contribution in [2.24, 2.45) is 0 Å². The second-order valence-corrected chi connectivity index (χ2v) is 7.08. The van der Waals surface area contributed by atoms with Crippen LogP contribution in [0.4, 0.5) is 0 Å². The van der Waals surface area contributed by atoms with Crippen molar-refractivity contribution < 1.29 is 9.47 Å². The van der Waals surface area contributed by atoms with Crippen LogP contribution in [0.3, 0.4) is 0 Å². The Bertz CT molecular complexity index is 1320. The minimum Gasteiger partial charge on any atom is -0.493 e. The van der Waals surface area contributed by atoms with E-state index in [1.54, 1.807) is 22.6 Å². The molecule has 134 valence electrons. The predicted molar refractivity (Wildman–Crippen MR) is 108 cm³/mol. The fourth-order valence-electron chi connectivity index (χ4n) is 2.84. The van der Waals surface area contributed by atoms with Crippen LogP contribution >= 0.6 is 22.9 Å². The van der Waals surface area contributed by atoms with E-state index in [1.807, 2.05) is 24.3 Å². The van der Waals surface area contributed by atoms with E-state index in [4.69, 9.17) is 27.5 Å². The number of benzene rings is 2. The Morgan fingerprint density at radius 2 is 2.19 bits per heavy atom. The first-order valence-electron chi connectivity index (χ1n) is 7.98. The van der Waals surface area contributed by atoms with Crippen LogP contribution in [0.25, 0.3) is 22.1 Å². The van der Waals surface area contributed by atoms with Gasteiger partial charge in [0.1, 0.15) is 6.61 Å². The summed E-state index contributed by atoms with van der Waals surface area (Å²) in [6.07, 6.45) is 6.99. The average molecular weight is 397 g/mol. The quantitative estimate of drug-likeness (QED) is 0.497. The third-order valence-corrected chi connectivity index (χ3v) is 5.24. The summed E-state index contributed by atoms with van der Waals surface area (Å²) < 4.78 is 13.0. The molecular weight excluding hydrogens is 384 g/mol. The number of hydrogen-bond donors (Lipinski definition) is 0. The molecule has 0 amide bonds. The maximum absolute atomic E-state index is 12.8. The maximum Gasteiger partial charge on any atom is 0.274 e. The number of halogens is 1. The molecule has 0 bridgehead atoms. The van der Waals surface area contributed by atoms with Gasteiger partial charge in [-0.25, -0.2) is 9.38 Å². The molecule has 4 aromatic rings. The van der Waals surface area contributed by atoms with E-state index >= 15 is 0 Å².